The number of hydrogen-bond acceptors (Lipinski definition) is 8. The fourth-order valence-electron chi connectivity index (χ4n) is 4.02. The van der Waals surface area contributed by atoms with Gasteiger partial charge in [0.1, 0.15) is 18.3 Å². The number of ether oxygens (including phenoxy) is 5. The van der Waals surface area contributed by atoms with Gasteiger partial charge in [-0.25, -0.2) is 0 Å². The third kappa shape index (κ3) is 8.98. The molecule has 1 unspecified atom stereocenters. The Labute approximate surface area is 233 Å². The van der Waals surface area contributed by atoms with Gasteiger partial charge >= 0.3 is 11.9 Å². The molecule has 39 heavy (non-hydrogen) atoms. The Kier molecular flexibility index (Phi) is 10.9. The zero-order valence-electron chi connectivity index (χ0n) is 24.0. The molecule has 0 aromatic heterocycles. The molecule has 2 aromatic rings. The summed E-state index contributed by atoms with van der Waals surface area (Å²) in [4.78, 5) is 24.2. The van der Waals surface area contributed by atoms with E-state index in [1.54, 1.807) is 0 Å². The zero-order chi connectivity index (χ0) is 28.6. The molecule has 1 saturated heterocycles. The number of rotatable bonds is 11. The van der Waals surface area contributed by atoms with Gasteiger partial charge in [0, 0.05) is 13.8 Å². The first-order valence-corrected chi connectivity index (χ1v) is 16.2. The van der Waals surface area contributed by atoms with E-state index in [9.17, 15) is 9.59 Å². The lowest BCUT2D eigenvalue weighted by molar-refractivity contribution is -0.310. The second-order valence-corrected chi connectivity index (χ2v) is 16.1. The Morgan fingerprint density at radius 1 is 0.769 bits per heavy atom. The van der Waals surface area contributed by atoms with Gasteiger partial charge < -0.3 is 28.1 Å². The fourth-order valence-corrected chi connectivity index (χ4v) is 5.03. The van der Waals surface area contributed by atoms with Crippen LogP contribution >= 0.6 is 0 Å². The summed E-state index contributed by atoms with van der Waals surface area (Å²) in [6.45, 7) is 14.1. The molecule has 1 aliphatic heterocycles. The minimum Gasteiger partial charge on any atom is -0.453 e. The third-order valence-electron chi connectivity index (χ3n) is 7.16. The van der Waals surface area contributed by atoms with Crippen LogP contribution in [0.4, 0.5) is 0 Å². The van der Waals surface area contributed by atoms with Crippen LogP contribution in [0.1, 0.15) is 45.7 Å². The van der Waals surface area contributed by atoms with Crippen molar-refractivity contribution in [3.8, 4) is 0 Å². The van der Waals surface area contributed by atoms with Crippen molar-refractivity contribution in [2.75, 3.05) is 6.61 Å². The Bertz CT molecular complexity index is 1050. The standard InChI is InChI=1S/C30H42O8Si/c1-21(31)36-28-27(34-19-24-16-12-9-13-17-24)26(33-18-23-14-10-8-11-15-23)25(38-29(28)37-22(2)32)20-35-39(6,7)30(3,4)5/h8-17,25-29H,18-20H2,1-7H3/t25-,26+,27+,28-,29?/m1/s1. The van der Waals surface area contributed by atoms with Gasteiger partial charge in [-0.15, -0.1) is 0 Å². The summed E-state index contributed by atoms with van der Waals surface area (Å²) in [7, 11) is -2.17. The van der Waals surface area contributed by atoms with Crippen molar-refractivity contribution in [3.05, 3.63) is 71.8 Å². The Balaban J connectivity index is 1.96. The van der Waals surface area contributed by atoms with Gasteiger partial charge in [0.2, 0.25) is 6.29 Å². The van der Waals surface area contributed by atoms with Crippen molar-refractivity contribution in [2.24, 2.45) is 0 Å². The molecule has 8 nitrogen and oxygen atoms in total. The monoisotopic (exact) mass is 558 g/mol. The van der Waals surface area contributed by atoms with Crippen molar-refractivity contribution < 1.29 is 37.7 Å². The summed E-state index contributed by atoms with van der Waals surface area (Å²) in [6.07, 6.45) is -4.37. The van der Waals surface area contributed by atoms with Crippen LogP contribution in [0.5, 0.6) is 0 Å². The first-order chi connectivity index (χ1) is 18.4. The first kappa shape index (κ1) is 31.0. The molecular formula is C30H42O8Si. The summed E-state index contributed by atoms with van der Waals surface area (Å²) in [5.41, 5.74) is 1.90. The third-order valence-corrected chi connectivity index (χ3v) is 11.7. The average molecular weight is 559 g/mol. The predicted octanol–water partition coefficient (Wildman–Crippen LogP) is 5.40. The maximum atomic E-state index is 12.2. The van der Waals surface area contributed by atoms with Crippen molar-refractivity contribution in [3.63, 3.8) is 0 Å². The highest BCUT2D eigenvalue weighted by atomic mass is 28.4. The highest BCUT2D eigenvalue weighted by Gasteiger charge is 2.52. The molecule has 3 rings (SSSR count). The van der Waals surface area contributed by atoms with E-state index in [1.165, 1.54) is 13.8 Å². The molecule has 0 amide bonds. The van der Waals surface area contributed by atoms with E-state index in [1.807, 2.05) is 60.7 Å². The SMILES string of the molecule is CC(=O)OC1O[C@H](CO[Si](C)(C)C(C)(C)C)[C@H](OCc2ccccc2)[C@H](OCc2ccccc2)[C@H]1OC(C)=O. The van der Waals surface area contributed by atoms with Crippen molar-refractivity contribution in [1.82, 2.24) is 0 Å². The van der Waals surface area contributed by atoms with E-state index in [4.69, 9.17) is 28.1 Å². The van der Waals surface area contributed by atoms with E-state index >= 15 is 0 Å². The number of carbonyl (C=O) groups excluding carboxylic acids is 2. The lowest BCUT2D eigenvalue weighted by atomic mass is 9.98. The number of esters is 2. The topological polar surface area (TPSA) is 89.5 Å². The van der Waals surface area contributed by atoms with Crippen molar-refractivity contribution in [2.45, 2.75) is 96.7 Å². The van der Waals surface area contributed by atoms with E-state index in [0.717, 1.165) is 11.1 Å². The average Bonchev–Trinajstić information content (AvgIpc) is 2.87. The molecule has 0 spiro atoms. The van der Waals surface area contributed by atoms with Crippen molar-refractivity contribution in [1.29, 1.82) is 0 Å². The largest absolute Gasteiger partial charge is 0.453 e. The molecule has 9 heteroatoms. The van der Waals surface area contributed by atoms with E-state index in [-0.39, 0.29) is 24.9 Å². The highest BCUT2D eigenvalue weighted by Crippen LogP contribution is 2.38. The van der Waals surface area contributed by atoms with Gasteiger partial charge in [0.25, 0.3) is 0 Å². The highest BCUT2D eigenvalue weighted by molar-refractivity contribution is 6.74. The van der Waals surface area contributed by atoms with Crippen LogP contribution < -0.4 is 0 Å². The summed E-state index contributed by atoms with van der Waals surface area (Å²) < 4.78 is 36.8. The van der Waals surface area contributed by atoms with Gasteiger partial charge in [-0.1, -0.05) is 81.4 Å². The van der Waals surface area contributed by atoms with Crippen LogP contribution in [0.3, 0.4) is 0 Å². The molecule has 1 heterocycles. The Hall–Kier alpha value is -2.56. The summed E-state index contributed by atoms with van der Waals surface area (Å²) in [5.74, 6) is -1.11. The lowest BCUT2D eigenvalue weighted by Gasteiger charge is -2.46. The van der Waals surface area contributed by atoms with Gasteiger partial charge in [-0.3, -0.25) is 9.59 Å². The van der Waals surface area contributed by atoms with Gasteiger partial charge in [-0.05, 0) is 29.3 Å². The number of benzene rings is 2. The fraction of sp³-hybridized carbons (Fsp3) is 0.533. The van der Waals surface area contributed by atoms with Gasteiger partial charge in [0.15, 0.2) is 14.4 Å². The second-order valence-electron chi connectivity index (χ2n) is 11.3. The molecule has 1 aliphatic rings. The summed E-state index contributed by atoms with van der Waals surface area (Å²) in [5, 5.41) is -0.0270. The van der Waals surface area contributed by atoms with E-state index < -0.39 is 51.0 Å². The molecule has 0 bridgehead atoms. The van der Waals surface area contributed by atoms with Crippen LogP contribution in [-0.4, -0.2) is 57.6 Å². The Morgan fingerprint density at radius 3 is 1.72 bits per heavy atom. The molecule has 0 saturated carbocycles. The second kappa shape index (κ2) is 13.7. The van der Waals surface area contributed by atoms with Crippen LogP contribution in [0.15, 0.2) is 60.7 Å². The Morgan fingerprint density at radius 2 is 1.26 bits per heavy atom. The van der Waals surface area contributed by atoms with Crippen LogP contribution in [-0.2, 0) is 50.9 Å². The molecule has 5 atom stereocenters. The molecule has 0 aliphatic carbocycles. The van der Waals surface area contributed by atoms with Gasteiger partial charge in [-0.2, -0.15) is 0 Å². The molecular weight excluding hydrogens is 516 g/mol. The normalized spacial score (nSPS) is 23.7. The molecule has 0 radical (unpaired) electrons. The maximum Gasteiger partial charge on any atom is 0.305 e. The lowest BCUT2D eigenvalue weighted by Crippen LogP contribution is -2.63. The summed E-state index contributed by atoms with van der Waals surface area (Å²) in [6, 6.07) is 19.4. The minimum atomic E-state index is -2.17. The molecule has 0 N–H and O–H groups in total. The summed E-state index contributed by atoms with van der Waals surface area (Å²) >= 11 is 0. The minimum absolute atomic E-state index is 0.0270. The van der Waals surface area contributed by atoms with Crippen molar-refractivity contribution >= 4 is 20.3 Å². The molecule has 2 aromatic carbocycles. The van der Waals surface area contributed by atoms with E-state index in [2.05, 4.69) is 33.9 Å². The number of carbonyl (C=O) groups is 2. The quantitative estimate of drug-likeness (QED) is 0.268. The van der Waals surface area contributed by atoms with E-state index in [0.29, 0.717) is 0 Å². The molecule has 214 valence electrons. The van der Waals surface area contributed by atoms with Crippen LogP contribution in [0, 0.1) is 0 Å². The molecule has 1 fully saturated rings. The van der Waals surface area contributed by atoms with Crippen LogP contribution in [0.2, 0.25) is 18.1 Å². The zero-order valence-corrected chi connectivity index (χ0v) is 25.0. The smallest absolute Gasteiger partial charge is 0.305 e. The first-order valence-electron chi connectivity index (χ1n) is 13.3. The van der Waals surface area contributed by atoms with Gasteiger partial charge in [0.05, 0.1) is 19.8 Å². The van der Waals surface area contributed by atoms with Crippen LogP contribution in [0.25, 0.3) is 0 Å². The predicted molar refractivity (Wildman–Crippen MR) is 149 cm³/mol. The maximum absolute atomic E-state index is 12.2. The number of hydrogen-bond donors (Lipinski definition) is 0.